The van der Waals surface area contributed by atoms with Crippen molar-refractivity contribution < 1.29 is 14.3 Å². The number of benzene rings is 3. The summed E-state index contributed by atoms with van der Waals surface area (Å²) in [6.45, 7) is -0.125. The number of nitriles is 1. The number of carbonyl (C=O) groups excluding carboxylic acids is 2. The van der Waals surface area contributed by atoms with Crippen LogP contribution in [0.15, 0.2) is 66.7 Å². The summed E-state index contributed by atoms with van der Waals surface area (Å²) >= 11 is 1.53. The number of hydrogen-bond donors (Lipinski definition) is 1. The highest BCUT2D eigenvalue weighted by Crippen LogP contribution is 2.24. The number of thioether (sulfide) groups is 1. The maximum atomic E-state index is 12.7. The molecule has 0 bridgehead atoms. The van der Waals surface area contributed by atoms with Crippen molar-refractivity contribution in [1.29, 1.82) is 5.26 Å². The van der Waals surface area contributed by atoms with Crippen molar-refractivity contribution >= 4 is 40.0 Å². The minimum absolute atomic E-state index is 0.125. The van der Waals surface area contributed by atoms with Crippen molar-refractivity contribution in [2.75, 3.05) is 23.6 Å². The topological polar surface area (TPSA) is 82.4 Å². The molecule has 7 heteroatoms. The molecule has 2 amide bonds. The third-order valence-corrected chi connectivity index (χ3v) is 5.88. The first-order chi connectivity index (χ1) is 14.6. The molecule has 1 N–H and O–H groups in total. The number of hydrogen-bond acceptors (Lipinski definition) is 5. The first kappa shape index (κ1) is 19.8. The van der Waals surface area contributed by atoms with E-state index in [4.69, 9.17) is 10.00 Å². The fourth-order valence-electron chi connectivity index (χ4n) is 3.24. The zero-order valence-corrected chi connectivity index (χ0v) is 16.9. The van der Waals surface area contributed by atoms with Crippen molar-refractivity contribution in [3.63, 3.8) is 0 Å². The Kier molecular flexibility index (Phi) is 5.87. The Morgan fingerprint density at radius 3 is 2.63 bits per heavy atom. The van der Waals surface area contributed by atoms with Gasteiger partial charge in [0, 0.05) is 11.4 Å². The van der Waals surface area contributed by atoms with E-state index in [-0.39, 0.29) is 18.4 Å². The van der Waals surface area contributed by atoms with Gasteiger partial charge in [-0.2, -0.15) is 5.26 Å². The quantitative estimate of drug-likeness (QED) is 0.686. The number of anilines is 1. The molecular weight excluding hydrogens is 398 g/mol. The average Bonchev–Trinajstić information content (AvgIpc) is 3.28. The van der Waals surface area contributed by atoms with Crippen molar-refractivity contribution in [3.05, 3.63) is 72.3 Å². The standard InChI is InChI=1S/C23H19N3O3S/c24-12-16-5-8-19(9-6-16)25-23(28)21-14-30-15-26(21)22(27)13-29-20-10-7-17-3-1-2-4-18(17)11-20/h1-11,21H,13-15H2,(H,25,28). The summed E-state index contributed by atoms with van der Waals surface area (Å²) in [5.41, 5.74) is 1.11. The molecule has 1 atom stereocenters. The molecular formula is C23H19N3O3S. The van der Waals surface area contributed by atoms with Crippen LogP contribution in [0.3, 0.4) is 0 Å². The second-order valence-corrected chi connectivity index (χ2v) is 7.86. The molecule has 0 aliphatic carbocycles. The SMILES string of the molecule is N#Cc1ccc(NC(=O)C2CSCN2C(=O)COc2ccc3ccccc3c2)cc1. The minimum atomic E-state index is -0.557. The zero-order chi connectivity index (χ0) is 20.9. The number of rotatable bonds is 5. The van der Waals surface area contributed by atoms with Crippen LogP contribution in [0.5, 0.6) is 5.75 Å². The number of amides is 2. The van der Waals surface area contributed by atoms with Gasteiger partial charge in [-0.1, -0.05) is 30.3 Å². The van der Waals surface area contributed by atoms with Gasteiger partial charge in [-0.3, -0.25) is 9.59 Å². The number of nitrogens with zero attached hydrogens (tertiary/aromatic N) is 2. The van der Waals surface area contributed by atoms with Crippen LogP contribution in [-0.4, -0.2) is 41.0 Å². The molecule has 0 aromatic heterocycles. The lowest BCUT2D eigenvalue weighted by Crippen LogP contribution is -2.46. The van der Waals surface area contributed by atoms with E-state index in [1.807, 2.05) is 48.5 Å². The number of nitrogens with one attached hydrogen (secondary N) is 1. The van der Waals surface area contributed by atoms with Crippen LogP contribution in [0.1, 0.15) is 5.56 Å². The summed E-state index contributed by atoms with van der Waals surface area (Å²) in [4.78, 5) is 26.9. The fraction of sp³-hybridized carbons (Fsp3) is 0.174. The van der Waals surface area contributed by atoms with E-state index >= 15 is 0 Å². The van der Waals surface area contributed by atoms with Crippen LogP contribution in [0.4, 0.5) is 5.69 Å². The molecule has 3 aromatic carbocycles. The Labute approximate surface area is 178 Å². The lowest BCUT2D eigenvalue weighted by atomic mass is 10.1. The van der Waals surface area contributed by atoms with Crippen molar-refractivity contribution in [2.45, 2.75) is 6.04 Å². The van der Waals surface area contributed by atoms with Gasteiger partial charge < -0.3 is 15.0 Å². The van der Waals surface area contributed by atoms with E-state index in [1.165, 1.54) is 11.8 Å². The second kappa shape index (κ2) is 8.89. The summed E-state index contributed by atoms with van der Waals surface area (Å²) in [6, 6.07) is 21.7. The Hall–Kier alpha value is -3.50. The maximum Gasteiger partial charge on any atom is 0.261 e. The Balaban J connectivity index is 1.37. The predicted molar refractivity (Wildman–Crippen MR) is 117 cm³/mol. The van der Waals surface area contributed by atoms with Crippen LogP contribution in [0.25, 0.3) is 10.8 Å². The zero-order valence-electron chi connectivity index (χ0n) is 16.1. The van der Waals surface area contributed by atoms with Gasteiger partial charge in [0.2, 0.25) is 5.91 Å². The molecule has 1 aliphatic rings. The summed E-state index contributed by atoms with van der Waals surface area (Å²) in [5.74, 6) is 1.12. The van der Waals surface area contributed by atoms with Crippen LogP contribution in [-0.2, 0) is 9.59 Å². The second-order valence-electron chi connectivity index (χ2n) is 6.86. The van der Waals surface area contributed by atoms with Crippen molar-refractivity contribution in [2.24, 2.45) is 0 Å². The highest BCUT2D eigenvalue weighted by molar-refractivity contribution is 7.99. The van der Waals surface area contributed by atoms with Gasteiger partial charge in [-0.05, 0) is 47.2 Å². The first-order valence-corrected chi connectivity index (χ1v) is 10.6. The van der Waals surface area contributed by atoms with Gasteiger partial charge in [0.25, 0.3) is 5.91 Å². The van der Waals surface area contributed by atoms with Gasteiger partial charge in [0.15, 0.2) is 6.61 Å². The average molecular weight is 417 g/mol. The van der Waals surface area contributed by atoms with E-state index in [2.05, 4.69) is 5.32 Å². The lowest BCUT2D eigenvalue weighted by molar-refractivity contribution is -0.137. The predicted octanol–water partition coefficient (Wildman–Crippen LogP) is 3.63. The monoisotopic (exact) mass is 417 g/mol. The lowest BCUT2D eigenvalue weighted by Gasteiger charge is -2.23. The summed E-state index contributed by atoms with van der Waals surface area (Å²) in [6.07, 6.45) is 0. The van der Waals surface area contributed by atoms with Gasteiger partial charge >= 0.3 is 0 Å². The van der Waals surface area contributed by atoms with Gasteiger partial charge in [-0.25, -0.2) is 0 Å². The van der Waals surface area contributed by atoms with Crippen LogP contribution < -0.4 is 10.1 Å². The van der Waals surface area contributed by atoms with Crippen molar-refractivity contribution in [1.82, 2.24) is 4.90 Å². The van der Waals surface area contributed by atoms with Crippen molar-refractivity contribution in [3.8, 4) is 11.8 Å². The highest BCUT2D eigenvalue weighted by atomic mass is 32.2. The molecule has 4 rings (SSSR count). The molecule has 1 saturated heterocycles. The number of fused-ring (bicyclic) bond motifs is 1. The molecule has 3 aromatic rings. The van der Waals surface area contributed by atoms with E-state index in [1.54, 1.807) is 29.2 Å². The first-order valence-electron chi connectivity index (χ1n) is 9.44. The molecule has 0 spiro atoms. The molecule has 0 saturated carbocycles. The molecule has 1 aliphatic heterocycles. The number of carbonyl (C=O) groups is 2. The van der Waals surface area contributed by atoms with Gasteiger partial charge in [-0.15, -0.1) is 11.8 Å². The normalized spacial score (nSPS) is 15.6. The van der Waals surface area contributed by atoms with E-state index < -0.39 is 6.04 Å². The highest BCUT2D eigenvalue weighted by Gasteiger charge is 2.34. The summed E-state index contributed by atoms with van der Waals surface area (Å²) in [5, 5.41) is 13.8. The van der Waals surface area contributed by atoms with Gasteiger partial charge in [0.1, 0.15) is 11.8 Å². The van der Waals surface area contributed by atoms with E-state index in [9.17, 15) is 9.59 Å². The molecule has 150 valence electrons. The van der Waals surface area contributed by atoms with Crippen LogP contribution in [0.2, 0.25) is 0 Å². The largest absolute Gasteiger partial charge is 0.484 e. The number of ether oxygens (including phenoxy) is 1. The molecule has 6 nitrogen and oxygen atoms in total. The fourth-order valence-corrected chi connectivity index (χ4v) is 4.43. The third-order valence-electron chi connectivity index (χ3n) is 4.87. The van der Waals surface area contributed by atoms with E-state index in [0.29, 0.717) is 28.6 Å². The minimum Gasteiger partial charge on any atom is -0.484 e. The molecule has 1 unspecified atom stereocenters. The van der Waals surface area contributed by atoms with Crippen LogP contribution >= 0.6 is 11.8 Å². The van der Waals surface area contributed by atoms with Gasteiger partial charge in [0.05, 0.1) is 17.5 Å². The Morgan fingerprint density at radius 2 is 1.87 bits per heavy atom. The molecule has 1 heterocycles. The van der Waals surface area contributed by atoms with Crippen LogP contribution in [0, 0.1) is 11.3 Å². The molecule has 0 radical (unpaired) electrons. The Morgan fingerprint density at radius 1 is 1.10 bits per heavy atom. The smallest absolute Gasteiger partial charge is 0.261 e. The summed E-state index contributed by atoms with van der Waals surface area (Å²) < 4.78 is 5.70. The Bertz CT molecular complexity index is 1120. The van der Waals surface area contributed by atoms with E-state index in [0.717, 1.165) is 10.8 Å². The summed E-state index contributed by atoms with van der Waals surface area (Å²) in [7, 11) is 0. The molecule has 1 fully saturated rings. The maximum absolute atomic E-state index is 12.7. The third kappa shape index (κ3) is 4.39. The molecule has 30 heavy (non-hydrogen) atoms.